The van der Waals surface area contributed by atoms with Crippen LogP contribution in [0.15, 0.2) is 18.2 Å². The van der Waals surface area contributed by atoms with Crippen LogP contribution in [0.4, 0.5) is 5.69 Å². The van der Waals surface area contributed by atoms with Crippen LogP contribution < -0.4 is 4.74 Å². The van der Waals surface area contributed by atoms with Gasteiger partial charge >= 0.3 is 0 Å². The van der Waals surface area contributed by atoms with Gasteiger partial charge in [-0.15, -0.1) is 0 Å². The summed E-state index contributed by atoms with van der Waals surface area (Å²) in [7, 11) is 2.86. The number of methoxy groups -OCH3 is 2. The molecule has 0 aliphatic heterocycles. The van der Waals surface area contributed by atoms with Gasteiger partial charge in [0.1, 0.15) is 12.4 Å². The van der Waals surface area contributed by atoms with Crippen LogP contribution in [0.25, 0.3) is 0 Å². The summed E-state index contributed by atoms with van der Waals surface area (Å²) < 4.78 is 9.65. The molecule has 92 valence electrons. The molecule has 0 saturated heterocycles. The third kappa shape index (κ3) is 3.53. The number of carbonyl (C=O) groups is 1. The van der Waals surface area contributed by atoms with Crippen molar-refractivity contribution in [1.82, 2.24) is 0 Å². The molecule has 6 heteroatoms. The lowest BCUT2D eigenvalue weighted by Gasteiger charge is -2.05. The molecule has 0 aliphatic carbocycles. The quantitative estimate of drug-likeness (QED) is 0.553. The zero-order valence-electron chi connectivity index (χ0n) is 9.63. The van der Waals surface area contributed by atoms with Gasteiger partial charge < -0.3 is 9.47 Å². The molecule has 0 amide bonds. The third-order valence-corrected chi connectivity index (χ3v) is 2.18. The summed E-state index contributed by atoms with van der Waals surface area (Å²) in [4.78, 5) is 21.7. The van der Waals surface area contributed by atoms with Gasteiger partial charge in [0.05, 0.1) is 12.0 Å². The summed E-state index contributed by atoms with van der Waals surface area (Å²) >= 11 is 0. The average molecular weight is 239 g/mol. The Balaban J connectivity index is 3.00. The third-order valence-electron chi connectivity index (χ3n) is 2.18. The normalized spacial score (nSPS) is 10.0. The number of nitro benzene ring substituents is 1. The molecule has 1 aromatic carbocycles. The van der Waals surface area contributed by atoms with Crippen LogP contribution in [0.5, 0.6) is 5.75 Å². The van der Waals surface area contributed by atoms with E-state index in [-0.39, 0.29) is 24.5 Å². The molecule has 0 fully saturated rings. The average Bonchev–Trinajstić information content (AvgIpc) is 2.28. The highest BCUT2D eigenvalue weighted by Crippen LogP contribution is 2.24. The van der Waals surface area contributed by atoms with Gasteiger partial charge in [-0.1, -0.05) is 0 Å². The Bertz CT molecular complexity index is 430. The monoisotopic (exact) mass is 239 g/mol. The van der Waals surface area contributed by atoms with Crippen molar-refractivity contribution in [2.24, 2.45) is 0 Å². The lowest BCUT2D eigenvalue weighted by atomic mass is 10.1. The maximum absolute atomic E-state index is 11.4. The van der Waals surface area contributed by atoms with Crippen LogP contribution in [0.3, 0.4) is 0 Å². The molecule has 0 unspecified atom stereocenters. The van der Waals surface area contributed by atoms with Crippen LogP contribution in [-0.4, -0.2) is 31.5 Å². The molecule has 0 aromatic heterocycles. The van der Waals surface area contributed by atoms with E-state index in [4.69, 9.17) is 4.74 Å². The van der Waals surface area contributed by atoms with Gasteiger partial charge in [0.2, 0.25) is 0 Å². The Morgan fingerprint density at radius 1 is 1.41 bits per heavy atom. The van der Waals surface area contributed by atoms with E-state index in [9.17, 15) is 14.9 Å². The van der Waals surface area contributed by atoms with Gasteiger partial charge in [-0.2, -0.15) is 0 Å². The topological polar surface area (TPSA) is 78.7 Å². The van der Waals surface area contributed by atoms with E-state index in [1.807, 2.05) is 0 Å². The van der Waals surface area contributed by atoms with E-state index < -0.39 is 4.92 Å². The highest BCUT2D eigenvalue weighted by molar-refractivity contribution is 5.83. The molecule has 0 spiro atoms. The van der Waals surface area contributed by atoms with Crippen LogP contribution in [0.1, 0.15) is 5.56 Å². The summed E-state index contributed by atoms with van der Waals surface area (Å²) in [6, 6.07) is 4.31. The zero-order valence-corrected chi connectivity index (χ0v) is 9.63. The second-order valence-electron chi connectivity index (χ2n) is 3.40. The molecule has 0 aliphatic rings. The Kier molecular flexibility index (Phi) is 4.59. The minimum Gasteiger partial charge on any atom is -0.497 e. The van der Waals surface area contributed by atoms with E-state index in [1.165, 1.54) is 32.4 Å². The molecule has 0 bridgehead atoms. The minimum atomic E-state index is -0.519. The largest absolute Gasteiger partial charge is 0.497 e. The van der Waals surface area contributed by atoms with Gasteiger partial charge in [0, 0.05) is 25.2 Å². The number of ether oxygens (including phenoxy) is 2. The van der Waals surface area contributed by atoms with Crippen molar-refractivity contribution in [3.63, 3.8) is 0 Å². The molecule has 0 atom stereocenters. The van der Waals surface area contributed by atoms with Crippen LogP contribution in [0, 0.1) is 10.1 Å². The maximum atomic E-state index is 11.4. The first-order valence-corrected chi connectivity index (χ1v) is 4.90. The maximum Gasteiger partial charge on any atom is 0.273 e. The number of benzene rings is 1. The molecule has 1 aromatic rings. The number of rotatable bonds is 6. The number of hydrogen-bond donors (Lipinski definition) is 0. The van der Waals surface area contributed by atoms with E-state index in [2.05, 4.69) is 4.74 Å². The second kappa shape index (κ2) is 5.95. The fraction of sp³-hybridized carbons (Fsp3) is 0.364. The fourth-order valence-corrected chi connectivity index (χ4v) is 1.43. The van der Waals surface area contributed by atoms with Gasteiger partial charge in [0.25, 0.3) is 5.69 Å². The standard InChI is InChI=1S/C11H13NO5/c1-16-7-9(13)5-8-6-10(17-2)3-4-11(8)12(14)15/h3-4,6H,5,7H2,1-2H3. The fourth-order valence-electron chi connectivity index (χ4n) is 1.43. The second-order valence-corrected chi connectivity index (χ2v) is 3.40. The predicted molar refractivity (Wildman–Crippen MR) is 60.2 cm³/mol. The number of ketones is 1. The first kappa shape index (κ1) is 13.1. The predicted octanol–water partition coefficient (Wildman–Crippen LogP) is 1.36. The van der Waals surface area contributed by atoms with Gasteiger partial charge in [-0.3, -0.25) is 14.9 Å². The number of Topliss-reactive ketones (excluding diaryl/α,β-unsaturated/α-hetero) is 1. The van der Waals surface area contributed by atoms with Crippen molar-refractivity contribution in [2.75, 3.05) is 20.8 Å². The molecule has 0 N–H and O–H groups in total. The number of carbonyl (C=O) groups excluding carboxylic acids is 1. The van der Waals surface area contributed by atoms with E-state index >= 15 is 0 Å². The van der Waals surface area contributed by atoms with Crippen molar-refractivity contribution >= 4 is 11.5 Å². The van der Waals surface area contributed by atoms with Crippen LogP contribution in [0.2, 0.25) is 0 Å². The van der Waals surface area contributed by atoms with Crippen molar-refractivity contribution in [1.29, 1.82) is 0 Å². The summed E-state index contributed by atoms with van der Waals surface area (Å²) in [5.74, 6) is 0.264. The Hall–Kier alpha value is -1.95. The molecule has 17 heavy (non-hydrogen) atoms. The minimum absolute atomic E-state index is 0.0403. The number of nitrogens with zero attached hydrogens (tertiary/aromatic N) is 1. The summed E-state index contributed by atoms with van der Waals surface area (Å²) in [6.07, 6.45) is -0.0403. The SMILES string of the molecule is COCC(=O)Cc1cc(OC)ccc1[N+](=O)[O-]. The Labute approximate surface area is 98.3 Å². The zero-order chi connectivity index (χ0) is 12.8. The van der Waals surface area contributed by atoms with Crippen LogP contribution >= 0.6 is 0 Å². The number of hydrogen-bond acceptors (Lipinski definition) is 5. The smallest absolute Gasteiger partial charge is 0.273 e. The summed E-state index contributed by atoms with van der Waals surface area (Å²) in [5.41, 5.74) is 0.242. The van der Waals surface area contributed by atoms with Crippen molar-refractivity contribution in [3.8, 4) is 5.75 Å². The van der Waals surface area contributed by atoms with E-state index in [0.29, 0.717) is 11.3 Å². The van der Waals surface area contributed by atoms with Crippen molar-refractivity contribution in [3.05, 3.63) is 33.9 Å². The molecular formula is C11H13NO5. The highest BCUT2D eigenvalue weighted by atomic mass is 16.6. The molecule has 1 rings (SSSR count). The molecule has 0 radical (unpaired) electrons. The van der Waals surface area contributed by atoms with Crippen LogP contribution in [-0.2, 0) is 16.0 Å². The summed E-state index contributed by atoms with van der Waals surface area (Å²) in [5, 5.41) is 10.8. The molecule has 6 nitrogen and oxygen atoms in total. The van der Waals surface area contributed by atoms with E-state index in [0.717, 1.165) is 0 Å². The van der Waals surface area contributed by atoms with Gasteiger partial charge in [0.15, 0.2) is 5.78 Å². The molecule has 0 heterocycles. The molecule has 0 saturated carbocycles. The van der Waals surface area contributed by atoms with E-state index in [1.54, 1.807) is 0 Å². The van der Waals surface area contributed by atoms with Crippen molar-refractivity contribution in [2.45, 2.75) is 6.42 Å². The number of nitro groups is 1. The highest BCUT2D eigenvalue weighted by Gasteiger charge is 2.17. The van der Waals surface area contributed by atoms with Crippen molar-refractivity contribution < 1.29 is 19.2 Å². The van der Waals surface area contributed by atoms with Gasteiger partial charge in [-0.25, -0.2) is 0 Å². The van der Waals surface area contributed by atoms with Gasteiger partial charge in [-0.05, 0) is 12.1 Å². The Morgan fingerprint density at radius 2 is 2.12 bits per heavy atom. The lowest BCUT2D eigenvalue weighted by molar-refractivity contribution is -0.385. The summed E-state index contributed by atoms with van der Waals surface area (Å²) in [6.45, 7) is -0.0611. The first-order valence-electron chi connectivity index (χ1n) is 4.90. The Morgan fingerprint density at radius 3 is 2.65 bits per heavy atom. The first-order chi connectivity index (χ1) is 8.08. The molecular weight excluding hydrogens is 226 g/mol. The lowest BCUT2D eigenvalue weighted by Crippen LogP contribution is -2.11.